The first-order chi connectivity index (χ1) is 18.8. The number of fused-ring (bicyclic) bond motifs is 2. The van der Waals surface area contributed by atoms with Crippen molar-refractivity contribution in [2.45, 2.75) is 38.3 Å². The molecule has 1 saturated heterocycles. The van der Waals surface area contributed by atoms with Crippen molar-refractivity contribution in [1.82, 2.24) is 20.2 Å². The van der Waals surface area contributed by atoms with Crippen molar-refractivity contribution in [1.29, 1.82) is 0 Å². The monoisotopic (exact) mass is 541 g/mol. The van der Waals surface area contributed by atoms with Crippen LogP contribution in [0.3, 0.4) is 0 Å². The first kappa shape index (κ1) is 25.1. The second-order valence-corrected chi connectivity index (χ2v) is 10.8. The van der Waals surface area contributed by atoms with Crippen LogP contribution in [0.2, 0.25) is 5.02 Å². The maximum absolute atomic E-state index is 13.0. The SMILES string of the molecule is C=CC(=O)N1[C@@H](C#Cc2cnccc2-c2[nH]c3c(c2Nc2cccc(Cl)c2OC)C(=O)NCC3)CC2(C)C[C@@H]12. The molecule has 2 aliphatic heterocycles. The van der Waals surface area contributed by atoms with E-state index in [1.165, 1.54) is 6.08 Å². The molecule has 9 heteroatoms. The molecular weight excluding hydrogens is 514 g/mol. The largest absolute Gasteiger partial charge is 0.493 e. The zero-order valence-corrected chi connectivity index (χ0v) is 22.5. The van der Waals surface area contributed by atoms with Gasteiger partial charge in [0.25, 0.3) is 5.91 Å². The summed E-state index contributed by atoms with van der Waals surface area (Å²) in [7, 11) is 1.55. The van der Waals surface area contributed by atoms with Crippen LogP contribution >= 0.6 is 11.6 Å². The predicted molar refractivity (Wildman–Crippen MR) is 150 cm³/mol. The number of carbonyl (C=O) groups excluding carboxylic acids is 2. The highest BCUT2D eigenvalue weighted by Gasteiger charge is 2.62. The molecule has 1 aliphatic carbocycles. The van der Waals surface area contributed by atoms with Crippen LogP contribution in [0.1, 0.15) is 41.4 Å². The van der Waals surface area contributed by atoms with Gasteiger partial charge in [0.05, 0.1) is 46.4 Å². The number of ether oxygens (including phenoxy) is 1. The molecule has 3 atom stereocenters. The van der Waals surface area contributed by atoms with E-state index >= 15 is 0 Å². The van der Waals surface area contributed by atoms with Crippen LogP contribution in [0.15, 0.2) is 49.3 Å². The minimum absolute atomic E-state index is 0.0862. The number of methoxy groups -OCH3 is 1. The molecule has 39 heavy (non-hydrogen) atoms. The lowest BCUT2D eigenvalue weighted by Gasteiger charge is -2.22. The summed E-state index contributed by atoms with van der Waals surface area (Å²) in [4.78, 5) is 35.3. The van der Waals surface area contributed by atoms with E-state index in [-0.39, 0.29) is 29.3 Å². The third-order valence-electron chi connectivity index (χ3n) is 7.92. The summed E-state index contributed by atoms with van der Waals surface area (Å²) in [6, 6.07) is 7.31. The Morgan fingerprint density at radius 2 is 2.21 bits per heavy atom. The van der Waals surface area contributed by atoms with Crippen LogP contribution in [-0.2, 0) is 11.2 Å². The first-order valence-corrected chi connectivity index (χ1v) is 13.3. The second-order valence-electron chi connectivity index (χ2n) is 10.4. The number of aromatic nitrogens is 2. The zero-order chi connectivity index (χ0) is 27.3. The number of hydrogen-bond acceptors (Lipinski definition) is 5. The molecule has 4 heterocycles. The van der Waals surface area contributed by atoms with Crippen LogP contribution in [0.25, 0.3) is 11.3 Å². The summed E-state index contributed by atoms with van der Waals surface area (Å²) in [5.74, 6) is 6.87. The highest BCUT2D eigenvalue weighted by molar-refractivity contribution is 6.32. The van der Waals surface area contributed by atoms with E-state index in [0.29, 0.717) is 51.9 Å². The molecule has 6 rings (SSSR count). The minimum Gasteiger partial charge on any atom is -0.493 e. The number of para-hydroxylation sites is 1. The normalized spacial score (nSPS) is 22.6. The van der Waals surface area contributed by atoms with Gasteiger partial charge in [-0.05, 0) is 42.5 Å². The number of nitrogens with one attached hydrogen (secondary N) is 3. The van der Waals surface area contributed by atoms with E-state index < -0.39 is 0 Å². The Balaban J connectivity index is 1.44. The third kappa shape index (κ3) is 4.23. The molecule has 0 spiro atoms. The van der Waals surface area contributed by atoms with Gasteiger partial charge in [-0.2, -0.15) is 0 Å². The quantitative estimate of drug-likeness (QED) is 0.321. The van der Waals surface area contributed by atoms with Crippen molar-refractivity contribution in [2.24, 2.45) is 5.41 Å². The molecular formula is C30H28ClN5O3. The van der Waals surface area contributed by atoms with Crippen molar-refractivity contribution in [3.8, 4) is 28.8 Å². The molecule has 0 radical (unpaired) electrons. The summed E-state index contributed by atoms with van der Waals surface area (Å²) in [6.45, 7) is 6.43. The Morgan fingerprint density at radius 3 is 3.00 bits per heavy atom. The standard InChI is InChI=1S/C30H28ClN5O3/c1-4-24(37)36-18(14-30(2)15-23(30)36)9-8-17-16-32-12-10-19(17)26-27(25-21(34-26)11-13-33-29(25)38)35-22-7-5-6-20(31)28(22)39-3/h4-7,10,12,16,18,23,34-35H,1,11,13-15H2,2-3H3,(H,33,38)/t18-,23+,30?/m0/s1. The first-order valence-electron chi connectivity index (χ1n) is 12.9. The lowest BCUT2D eigenvalue weighted by Crippen LogP contribution is -2.36. The van der Waals surface area contributed by atoms with Gasteiger partial charge in [-0.1, -0.05) is 43.0 Å². The molecule has 1 saturated carbocycles. The summed E-state index contributed by atoms with van der Waals surface area (Å²) in [5, 5.41) is 6.80. The predicted octanol–water partition coefficient (Wildman–Crippen LogP) is 4.69. The summed E-state index contributed by atoms with van der Waals surface area (Å²) < 4.78 is 5.54. The van der Waals surface area contributed by atoms with Gasteiger partial charge < -0.3 is 25.3 Å². The summed E-state index contributed by atoms with van der Waals surface area (Å²) >= 11 is 6.38. The van der Waals surface area contributed by atoms with Gasteiger partial charge in [-0.15, -0.1) is 0 Å². The molecule has 3 aliphatic rings. The molecule has 1 unspecified atom stereocenters. The number of rotatable bonds is 5. The van der Waals surface area contributed by atoms with Gasteiger partial charge in [-0.25, -0.2) is 0 Å². The number of nitrogens with zero attached hydrogens (tertiary/aromatic N) is 2. The number of hydrogen-bond donors (Lipinski definition) is 3. The van der Waals surface area contributed by atoms with Gasteiger partial charge >= 0.3 is 0 Å². The van der Waals surface area contributed by atoms with E-state index in [2.05, 4.69) is 45.9 Å². The Hall–Kier alpha value is -4.22. The van der Waals surface area contributed by atoms with Crippen LogP contribution in [0, 0.1) is 17.3 Å². The van der Waals surface area contributed by atoms with E-state index in [4.69, 9.17) is 16.3 Å². The smallest absolute Gasteiger partial charge is 0.255 e. The zero-order valence-electron chi connectivity index (χ0n) is 21.7. The molecule has 1 aromatic carbocycles. The Morgan fingerprint density at radius 1 is 1.36 bits per heavy atom. The number of likely N-dealkylation sites (tertiary alicyclic amines) is 1. The van der Waals surface area contributed by atoms with Crippen molar-refractivity contribution < 1.29 is 14.3 Å². The number of halogens is 1. The van der Waals surface area contributed by atoms with Gasteiger partial charge in [-0.3, -0.25) is 14.6 Å². The number of benzene rings is 1. The molecule has 2 amide bonds. The Kier molecular flexibility index (Phi) is 6.12. The fourth-order valence-corrected chi connectivity index (χ4v) is 6.11. The number of piperidine rings is 1. The molecule has 2 fully saturated rings. The summed E-state index contributed by atoms with van der Waals surface area (Å²) in [5.41, 5.74) is 4.93. The lowest BCUT2D eigenvalue weighted by molar-refractivity contribution is -0.126. The van der Waals surface area contributed by atoms with Gasteiger partial charge in [0, 0.05) is 42.7 Å². The maximum Gasteiger partial charge on any atom is 0.255 e. The highest BCUT2D eigenvalue weighted by Crippen LogP contribution is 2.59. The van der Waals surface area contributed by atoms with Crippen molar-refractivity contribution in [3.05, 3.63) is 71.2 Å². The average molecular weight is 542 g/mol. The molecule has 3 aromatic rings. The van der Waals surface area contributed by atoms with E-state index in [9.17, 15) is 9.59 Å². The van der Waals surface area contributed by atoms with E-state index in [1.54, 1.807) is 25.6 Å². The number of H-pyrrole nitrogens is 1. The Labute approximate surface area is 231 Å². The molecule has 3 N–H and O–H groups in total. The highest BCUT2D eigenvalue weighted by atomic mass is 35.5. The van der Waals surface area contributed by atoms with Gasteiger partial charge in [0.2, 0.25) is 5.91 Å². The lowest BCUT2D eigenvalue weighted by atomic mass is 10.0. The molecule has 0 bridgehead atoms. The fraction of sp³-hybridized carbons (Fsp3) is 0.300. The average Bonchev–Trinajstić information content (AvgIpc) is 3.30. The summed E-state index contributed by atoms with van der Waals surface area (Å²) in [6.07, 6.45) is 7.27. The molecule has 2 aromatic heterocycles. The topological polar surface area (TPSA) is 99.3 Å². The number of aromatic amines is 1. The van der Waals surface area contributed by atoms with Crippen molar-refractivity contribution in [2.75, 3.05) is 19.0 Å². The van der Waals surface area contributed by atoms with E-state index in [1.807, 2.05) is 23.1 Å². The number of pyridine rings is 1. The van der Waals surface area contributed by atoms with Crippen LogP contribution in [0.5, 0.6) is 5.75 Å². The molecule has 8 nitrogen and oxygen atoms in total. The second kappa shape index (κ2) is 9.51. The Bertz CT molecular complexity index is 1580. The van der Waals surface area contributed by atoms with Crippen LogP contribution in [0.4, 0.5) is 11.4 Å². The number of carbonyl (C=O) groups is 2. The van der Waals surface area contributed by atoms with Crippen molar-refractivity contribution in [3.63, 3.8) is 0 Å². The van der Waals surface area contributed by atoms with Crippen molar-refractivity contribution >= 4 is 34.8 Å². The van der Waals surface area contributed by atoms with E-state index in [0.717, 1.165) is 24.1 Å². The maximum atomic E-state index is 13.0. The number of amides is 2. The third-order valence-corrected chi connectivity index (χ3v) is 8.22. The molecule has 198 valence electrons. The van der Waals surface area contributed by atoms with Crippen LogP contribution in [-0.4, -0.2) is 52.4 Å². The van der Waals surface area contributed by atoms with Crippen LogP contribution < -0.4 is 15.4 Å². The van der Waals surface area contributed by atoms with Gasteiger partial charge in [0.1, 0.15) is 0 Å². The number of anilines is 2. The fourth-order valence-electron chi connectivity index (χ4n) is 5.86. The minimum atomic E-state index is -0.191. The van der Waals surface area contributed by atoms with Gasteiger partial charge in [0.15, 0.2) is 5.75 Å².